The number of amides is 1. The van der Waals surface area contributed by atoms with Gasteiger partial charge < -0.3 is 10.3 Å². The molecule has 1 heterocycles. The molecule has 0 fully saturated rings. The molecule has 0 aliphatic carbocycles. The normalized spacial score (nSPS) is 11.9. The highest BCUT2D eigenvalue weighted by Gasteiger charge is 2.17. The summed E-state index contributed by atoms with van der Waals surface area (Å²) in [6.07, 6.45) is 0. The van der Waals surface area contributed by atoms with Crippen LogP contribution in [0.3, 0.4) is 0 Å². The van der Waals surface area contributed by atoms with Gasteiger partial charge in [0.05, 0.1) is 11.7 Å². The van der Waals surface area contributed by atoms with Gasteiger partial charge in [-0.05, 0) is 26.3 Å². The minimum atomic E-state index is -0.410. The number of H-pyrrole nitrogens is 1. The Balaban J connectivity index is 2.23. The van der Waals surface area contributed by atoms with E-state index in [1.807, 2.05) is 37.3 Å². The van der Waals surface area contributed by atoms with Gasteiger partial charge in [0.15, 0.2) is 0 Å². The first-order valence-electron chi connectivity index (χ1n) is 6.42. The minimum absolute atomic E-state index is 0.0679. The molecule has 1 atom stereocenters. The number of rotatable bonds is 3. The maximum Gasteiger partial charge on any atom is 0.264 e. The molecule has 104 valence electrons. The Hall–Kier alpha value is -2.43. The zero-order valence-electron chi connectivity index (χ0n) is 11.7. The largest absolute Gasteiger partial charge is 0.345 e. The summed E-state index contributed by atoms with van der Waals surface area (Å²) in [5.41, 5.74) is 1.07. The quantitative estimate of drug-likeness (QED) is 0.895. The average Bonchev–Trinajstić information content (AvgIpc) is 2.38. The number of aromatic amines is 1. The Bertz CT molecular complexity index is 677. The summed E-state index contributed by atoms with van der Waals surface area (Å²) in [4.78, 5) is 30.7. The lowest BCUT2D eigenvalue weighted by Crippen LogP contribution is -2.33. The van der Waals surface area contributed by atoms with Crippen LogP contribution in [-0.4, -0.2) is 15.9 Å². The lowest BCUT2D eigenvalue weighted by Gasteiger charge is -2.14. The van der Waals surface area contributed by atoms with Crippen LogP contribution in [0.4, 0.5) is 0 Å². The van der Waals surface area contributed by atoms with Crippen LogP contribution in [0.15, 0.2) is 35.1 Å². The van der Waals surface area contributed by atoms with E-state index in [4.69, 9.17) is 0 Å². The van der Waals surface area contributed by atoms with Crippen molar-refractivity contribution in [2.75, 3.05) is 0 Å². The predicted molar refractivity (Wildman–Crippen MR) is 76.7 cm³/mol. The van der Waals surface area contributed by atoms with Crippen LogP contribution in [0, 0.1) is 13.8 Å². The van der Waals surface area contributed by atoms with Gasteiger partial charge in [-0.3, -0.25) is 9.59 Å². The third kappa shape index (κ3) is 2.93. The molecule has 2 N–H and O–H groups in total. The molecular formula is C15H17N3O2. The maximum atomic E-state index is 12.2. The smallest absolute Gasteiger partial charge is 0.264 e. The van der Waals surface area contributed by atoms with Gasteiger partial charge in [0.2, 0.25) is 0 Å². The first kappa shape index (κ1) is 14.0. The summed E-state index contributed by atoms with van der Waals surface area (Å²) in [7, 11) is 0. The molecule has 0 bridgehead atoms. The molecule has 1 amide bonds. The summed E-state index contributed by atoms with van der Waals surface area (Å²) < 4.78 is 0. The molecule has 0 radical (unpaired) electrons. The zero-order valence-corrected chi connectivity index (χ0v) is 11.7. The lowest BCUT2D eigenvalue weighted by molar-refractivity contribution is 0.0937. The predicted octanol–water partition coefficient (Wildman–Crippen LogP) is 1.88. The van der Waals surface area contributed by atoms with Gasteiger partial charge in [0.25, 0.3) is 11.5 Å². The molecule has 5 heteroatoms. The Kier molecular flexibility index (Phi) is 3.98. The highest BCUT2D eigenvalue weighted by molar-refractivity contribution is 5.95. The molecular weight excluding hydrogens is 254 g/mol. The standard InChI is InChI=1S/C15H17N3O2/c1-9(12-7-5-4-6-8-12)17-14(19)13-10(2)16-11(3)18-15(13)20/h4-9H,1-3H3,(H,17,19)(H,16,18,20). The monoisotopic (exact) mass is 271 g/mol. The van der Waals surface area contributed by atoms with Crippen LogP contribution in [0.2, 0.25) is 0 Å². The van der Waals surface area contributed by atoms with Crippen LogP contribution in [0.1, 0.15) is 40.4 Å². The molecule has 2 rings (SSSR count). The Morgan fingerprint density at radius 3 is 2.50 bits per heavy atom. The van der Waals surface area contributed by atoms with E-state index in [9.17, 15) is 9.59 Å². The van der Waals surface area contributed by atoms with Crippen LogP contribution in [-0.2, 0) is 0 Å². The fraction of sp³-hybridized carbons (Fsp3) is 0.267. The van der Waals surface area contributed by atoms with Crippen molar-refractivity contribution in [2.45, 2.75) is 26.8 Å². The van der Waals surface area contributed by atoms with Gasteiger partial charge >= 0.3 is 0 Å². The first-order chi connectivity index (χ1) is 9.49. The van der Waals surface area contributed by atoms with Gasteiger partial charge in [-0.15, -0.1) is 0 Å². The number of nitrogens with one attached hydrogen (secondary N) is 2. The van der Waals surface area contributed by atoms with Crippen molar-refractivity contribution >= 4 is 5.91 Å². The van der Waals surface area contributed by atoms with Crippen molar-refractivity contribution in [1.82, 2.24) is 15.3 Å². The fourth-order valence-corrected chi connectivity index (χ4v) is 2.09. The molecule has 20 heavy (non-hydrogen) atoms. The molecule has 5 nitrogen and oxygen atoms in total. The molecule has 2 aromatic rings. The summed E-state index contributed by atoms with van der Waals surface area (Å²) in [6.45, 7) is 5.21. The molecule has 0 aliphatic heterocycles. The van der Waals surface area contributed by atoms with Gasteiger partial charge in [-0.2, -0.15) is 0 Å². The number of hydrogen-bond acceptors (Lipinski definition) is 3. The first-order valence-corrected chi connectivity index (χ1v) is 6.42. The van der Waals surface area contributed by atoms with Crippen LogP contribution < -0.4 is 10.9 Å². The minimum Gasteiger partial charge on any atom is -0.345 e. The second-order valence-electron chi connectivity index (χ2n) is 4.72. The fourth-order valence-electron chi connectivity index (χ4n) is 2.09. The lowest BCUT2D eigenvalue weighted by atomic mass is 10.1. The number of nitrogens with zero attached hydrogens (tertiary/aromatic N) is 1. The number of aryl methyl sites for hydroxylation is 2. The van der Waals surface area contributed by atoms with Crippen LogP contribution >= 0.6 is 0 Å². The molecule has 0 saturated carbocycles. The van der Waals surface area contributed by atoms with Crippen molar-refractivity contribution in [3.8, 4) is 0 Å². The Labute approximate surface area is 117 Å². The third-order valence-electron chi connectivity index (χ3n) is 3.09. The van der Waals surface area contributed by atoms with E-state index in [1.165, 1.54) is 0 Å². The van der Waals surface area contributed by atoms with Gasteiger partial charge in [-0.25, -0.2) is 4.98 Å². The molecule has 1 unspecified atom stereocenters. The maximum absolute atomic E-state index is 12.2. The number of benzene rings is 1. The highest BCUT2D eigenvalue weighted by Crippen LogP contribution is 2.12. The van der Waals surface area contributed by atoms with Gasteiger partial charge in [0, 0.05) is 0 Å². The van der Waals surface area contributed by atoms with E-state index in [0.717, 1.165) is 5.56 Å². The summed E-state index contributed by atoms with van der Waals surface area (Å²) in [5.74, 6) is 0.0905. The molecule has 0 saturated heterocycles. The topological polar surface area (TPSA) is 74.8 Å². The number of hydrogen-bond donors (Lipinski definition) is 2. The highest BCUT2D eigenvalue weighted by atomic mass is 16.2. The molecule has 0 aliphatic rings. The zero-order chi connectivity index (χ0) is 14.7. The summed E-state index contributed by atoms with van der Waals surface area (Å²) in [5, 5.41) is 2.81. The Morgan fingerprint density at radius 2 is 1.90 bits per heavy atom. The van der Waals surface area contributed by atoms with Crippen LogP contribution in [0.5, 0.6) is 0 Å². The molecule has 0 spiro atoms. The van der Waals surface area contributed by atoms with Crippen molar-refractivity contribution in [3.05, 3.63) is 63.3 Å². The molecule has 1 aromatic carbocycles. The van der Waals surface area contributed by atoms with Crippen molar-refractivity contribution in [3.63, 3.8) is 0 Å². The Morgan fingerprint density at radius 1 is 1.25 bits per heavy atom. The van der Waals surface area contributed by atoms with Gasteiger partial charge in [-0.1, -0.05) is 30.3 Å². The van der Waals surface area contributed by atoms with E-state index in [2.05, 4.69) is 15.3 Å². The summed E-state index contributed by atoms with van der Waals surface area (Å²) >= 11 is 0. The average molecular weight is 271 g/mol. The van der Waals surface area contributed by atoms with E-state index >= 15 is 0 Å². The molecule has 1 aromatic heterocycles. The number of carbonyl (C=O) groups excluding carboxylic acids is 1. The van der Waals surface area contributed by atoms with Crippen LogP contribution in [0.25, 0.3) is 0 Å². The number of carbonyl (C=O) groups is 1. The summed E-state index contributed by atoms with van der Waals surface area (Å²) in [6, 6.07) is 9.40. The van der Waals surface area contributed by atoms with Gasteiger partial charge in [0.1, 0.15) is 11.4 Å². The van der Waals surface area contributed by atoms with Crippen molar-refractivity contribution < 1.29 is 4.79 Å². The second kappa shape index (κ2) is 5.69. The number of aromatic nitrogens is 2. The third-order valence-corrected chi connectivity index (χ3v) is 3.09. The van der Waals surface area contributed by atoms with E-state index in [0.29, 0.717) is 11.5 Å². The van der Waals surface area contributed by atoms with Crippen molar-refractivity contribution in [1.29, 1.82) is 0 Å². The van der Waals surface area contributed by atoms with E-state index < -0.39 is 11.5 Å². The van der Waals surface area contributed by atoms with E-state index in [1.54, 1.807) is 13.8 Å². The van der Waals surface area contributed by atoms with Crippen molar-refractivity contribution in [2.24, 2.45) is 0 Å². The SMILES string of the molecule is Cc1nc(C)c(C(=O)NC(C)c2ccccc2)c(=O)[nH]1. The second-order valence-corrected chi connectivity index (χ2v) is 4.72. The van der Waals surface area contributed by atoms with E-state index in [-0.39, 0.29) is 11.6 Å².